The van der Waals surface area contributed by atoms with E-state index in [9.17, 15) is 19.7 Å². The number of rotatable bonds is 5. The number of amides is 2. The van der Waals surface area contributed by atoms with Crippen molar-refractivity contribution in [3.63, 3.8) is 0 Å². The maximum absolute atomic E-state index is 13.9. The number of aromatic nitrogens is 1. The van der Waals surface area contributed by atoms with Gasteiger partial charge in [-0.15, -0.1) is 0 Å². The molecule has 0 bridgehead atoms. The zero-order valence-corrected chi connectivity index (χ0v) is 20.1. The van der Waals surface area contributed by atoms with Crippen molar-refractivity contribution in [3.8, 4) is 5.75 Å². The Morgan fingerprint density at radius 2 is 1.76 bits per heavy atom. The van der Waals surface area contributed by atoms with Crippen molar-refractivity contribution < 1.29 is 19.2 Å². The Hall–Kier alpha value is -4.66. The smallest absolute Gasteiger partial charge is 0.269 e. The molecule has 37 heavy (non-hydrogen) atoms. The molecule has 9 heteroatoms. The summed E-state index contributed by atoms with van der Waals surface area (Å²) >= 11 is 0. The van der Waals surface area contributed by atoms with Crippen LogP contribution in [0.4, 0.5) is 5.69 Å². The molecular formula is C28H24N4O5. The van der Waals surface area contributed by atoms with Gasteiger partial charge < -0.3 is 19.5 Å². The molecule has 2 amide bonds. The molecule has 3 heterocycles. The number of hydrogen-bond acceptors (Lipinski definition) is 5. The monoisotopic (exact) mass is 496 g/mol. The van der Waals surface area contributed by atoms with Gasteiger partial charge in [0.1, 0.15) is 18.3 Å². The predicted octanol–water partition coefficient (Wildman–Crippen LogP) is 3.97. The van der Waals surface area contributed by atoms with Crippen molar-refractivity contribution in [3.05, 3.63) is 105 Å². The highest BCUT2D eigenvalue weighted by atomic mass is 16.6. The molecule has 1 aromatic heterocycles. The number of nitro groups is 1. The fourth-order valence-corrected chi connectivity index (χ4v) is 5.62. The molecule has 9 nitrogen and oxygen atoms in total. The molecule has 0 aliphatic carbocycles. The number of nitrogens with one attached hydrogen (secondary N) is 1. The topological polar surface area (TPSA) is 109 Å². The second-order valence-corrected chi connectivity index (χ2v) is 9.34. The normalized spacial score (nSPS) is 19.1. The lowest BCUT2D eigenvalue weighted by atomic mass is 9.86. The summed E-state index contributed by atoms with van der Waals surface area (Å²) < 4.78 is 5.46. The molecule has 0 unspecified atom stereocenters. The molecule has 3 aromatic carbocycles. The first-order valence-corrected chi connectivity index (χ1v) is 12.0. The van der Waals surface area contributed by atoms with Gasteiger partial charge in [0.15, 0.2) is 0 Å². The fraction of sp³-hybridized carbons (Fsp3) is 0.214. The highest BCUT2D eigenvalue weighted by Gasteiger charge is 2.48. The molecule has 0 saturated carbocycles. The lowest BCUT2D eigenvalue weighted by molar-refractivity contribution is -0.384. The van der Waals surface area contributed by atoms with Gasteiger partial charge in [0, 0.05) is 47.3 Å². The summed E-state index contributed by atoms with van der Waals surface area (Å²) in [5.74, 6) is 0.358. The molecule has 1 N–H and O–H groups in total. The summed E-state index contributed by atoms with van der Waals surface area (Å²) in [5.41, 5.74) is 4.26. The van der Waals surface area contributed by atoms with Crippen molar-refractivity contribution >= 4 is 28.4 Å². The standard InChI is InChI=1S/C28H24N4O5/c1-37-24-9-5-2-6-18(24)15-30-16-25(33)31-23(28(30)34)14-21-20-7-3-4-8-22(20)29-26(21)27(31)17-10-12-19(13-11-17)32(35)36/h2-13,23,27,29H,14-16H2,1H3/t23-,27-/m0/s1. The molecule has 2 atom stereocenters. The lowest BCUT2D eigenvalue weighted by Gasteiger charge is -2.47. The van der Waals surface area contributed by atoms with Gasteiger partial charge >= 0.3 is 0 Å². The minimum absolute atomic E-state index is 0.0305. The third-order valence-corrected chi connectivity index (χ3v) is 7.32. The molecule has 0 spiro atoms. The number of carbonyl (C=O) groups is 2. The molecular weight excluding hydrogens is 472 g/mol. The Labute approximate surface area is 212 Å². The van der Waals surface area contributed by atoms with Gasteiger partial charge in [0.2, 0.25) is 11.8 Å². The van der Waals surface area contributed by atoms with Crippen LogP contribution in [0, 0.1) is 10.1 Å². The van der Waals surface area contributed by atoms with Crippen LogP contribution in [-0.2, 0) is 22.6 Å². The van der Waals surface area contributed by atoms with E-state index in [-0.39, 0.29) is 30.6 Å². The van der Waals surface area contributed by atoms with Gasteiger partial charge in [0.25, 0.3) is 5.69 Å². The number of para-hydroxylation sites is 2. The number of methoxy groups -OCH3 is 1. The number of aromatic amines is 1. The van der Waals surface area contributed by atoms with Gasteiger partial charge in [-0.3, -0.25) is 19.7 Å². The van der Waals surface area contributed by atoms with E-state index in [1.807, 2.05) is 48.5 Å². The van der Waals surface area contributed by atoms with Crippen LogP contribution in [0.2, 0.25) is 0 Å². The van der Waals surface area contributed by atoms with Crippen LogP contribution in [0.5, 0.6) is 5.75 Å². The first-order valence-electron chi connectivity index (χ1n) is 12.0. The van der Waals surface area contributed by atoms with E-state index in [1.54, 1.807) is 29.0 Å². The summed E-state index contributed by atoms with van der Waals surface area (Å²) in [7, 11) is 1.58. The minimum Gasteiger partial charge on any atom is -0.496 e. The number of benzene rings is 3. The summed E-state index contributed by atoms with van der Waals surface area (Å²) in [6, 6.07) is 20.3. The number of ether oxygens (including phenoxy) is 1. The van der Waals surface area contributed by atoms with Crippen LogP contribution in [0.15, 0.2) is 72.8 Å². The second-order valence-electron chi connectivity index (χ2n) is 9.34. The quantitative estimate of drug-likeness (QED) is 0.332. The van der Waals surface area contributed by atoms with E-state index in [2.05, 4.69) is 4.98 Å². The summed E-state index contributed by atoms with van der Waals surface area (Å²) in [5, 5.41) is 12.2. The molecule has 0 radical (unpaired) electrons. The van der Waals surface area contributed by atoms with Gasteiger partial charge in [0.05, 0.1) is 18.1 Å². The molecule has 2 aliphatic rings. The molecule has 2 aliphatic heterocycles. The summed E-state index contributed by atoms with van der Waals surface area (Å²) in [6.45, 7) is 0.203. The van der Waals surface area contributed by atoms with Gasteiger partial charge in [-0.2, -0.15) is 0 Å². The average molecular weight is 497 g/mol. The van der Waals surface area contributed by atoms with Crippen molar-refractivity contribution in [1.82, 2.24) is 14.8 Å². The maximum Gasteiger partial charge on any atom is 0.269 e. The highest BCUT2D eigenvalue weighted by molar-refractivity contribution is 5.97. The Balaban J connectivity index is 1.44. The number of nitro benzene ring substituents is 1. The molecule has 6 rings (SSSR count). The van der Waals surface area contributed by atoms with E-state index in [0.717, 1.165) is 27.7 Å². The van der Waals surface area contributed by atoms with E-state index < -0.39 is 17.0 Å². The third-order valence-electron chi connectivity index (χ3n) is 7.32. The zero-order chi connectivity index (χ0) is 25.7. The van der Waals surface area contributed by atoms with E-state index >= 15 is 0 Å². The first-order chi connectivity index (χ1) is 18.0. The SMILES string of the molecule is COc1ccccc1CN1CC(=O)N2[C@@H](c3ccc([N+](=O)[O-])cc3)c3[nH]c4ccccc4c3C[C@H]2C1=O. The Bertz CT molecular complexity index is 1540. The molecule has 4 aromatic rings. The number of piperazine rings is 1. The van der Waals surface area contributed by atoms with Crippen molar-refractivity contribution in [2.24, 2.45) is 0 Å². The van der Waals surface area contributed by atoms with Gasteiger partial charge in [-0.25, -0.2) is 0 Å². The van der Waals surface area contributed by atoms with Crippen LogP contribution in [0.1, 0.15) is 28.4 Å². The summed E-state index contributed by atoms with van der Waals surface area (Å²) in [6.07, 6.45) is 0.385. The zero-order valence-electron chi connectivity index (χ0n) is 20.1. The minimum atomic E-state index is -0.692. The van der Waals surface area contributed by atoms with Crippen molar-refractivity contribution in [2.45, 2.75) is 25.0 Å². The van der Waals surface area contributed by atoms with Crippen molar-refractivity contribution in [2.75, 3.05) is 13.7 Å². The lowest BCUT2D eigenvalue weighted by Crippen LogP contribution is -2.62. The number of carbonyl (C=O) groups excluding carboxylic acids is 2. The molecule has 1 fully saturated rings. The van der Waals surface area contributed by atoms with Crippen molar-refractivity contribution in [1.29, 1.82) is 0 Å². The Kier molecular flexibility index (Phi) is 5.40. The van der Waals surface area contributed by atoms with E-state index in [1.165, 1.54) is 12.1 Å². The third kappa shape index (κ3) is 3.70. The number of H-pyrrole nitrogens is 1. The first kappa shape index (κ1) is 22.8. The fourth-order valence-electron chi connectivity index (χ4n) is 5.62. The Morgan fingerprint density at radius 1 is 1.03 bits per heavy atom. The average Bonchev–Trinajstić information content (AvgIpc) is 3.29. The summed E-state index contributed by atoms with van der Waals surface area (Å²) in [4.78, 5) is 45.1. The van der Waals surface area contributed by atoms with Crippen LogP contribution >= 0.6 is 0 Å². The van der Waals surface area contributed by atoms with Crippen LogP contribution in [-0.4, -0.2) is 51.2 Å². The molecule has 186 valence electrons. The Morgan fingerprint density at radius 3 is 2.51 bits per heavy atom. The van der Waals surface area contributed by atoms with E-state index in [0.29, 0.717) is 17.7 Å². The number of hydrogen-bond donors (Lipinski definition) is 1. The number of fused-ring (bicyclic) bond motifs is 4. The van der Waals surface area contributed by atoms with Crippen LogP contribution < -0.4 is 4.74 Å². The molecule has 1 saturated heterocycles. The predicted molar refractivity (Wildman–Crippen MR) is 136 cm³/mol. The maximum atomic E-state index is 13.9. The van der Waals surface area contributed by atoms with Crippen LogP contribution in [0.25, 0.3) is 10.9 Å². The van der Waals surface area contributed by atoms with E-state index in [4.69, 9.17) is 4.74 Å². The number of non-ortho nitro benzene ring substituents is 1. The van der Waals surface area contributed by atoms with Gasteiger partial charge in [-0.05, 0) is 35.4 Å². The number of nitrogens with zero attached hydrogens (tertiary/aromatic N) is 3. The van der Waals surface area contributed by atoms with Gasteiger partial charge in [-0.1, -0.05) is 36.4 Å². The van der Waals surface area contributed by atoms with Crippen LogP contribution in [0.3, 0.4) is 0 Å². The largest absolute Gasteiger partial charge is 0.496 e. The second kappa shape index (κ2) is 8.77. The highest BCUT2D eigenvalue weighted by Crippen LogP contribution is 2.43.